The monoisotopic (exact) mass is 524 g/mol. The van der Waals surface area contributed by atoms with E-state index < -0.39 is 34.2 Å². The normalized spacial score (nSPS) is 13.9. The third kappa shape index (κ3) is 13.2. The molecule has 2 nitrogen and oxygen atoms in total. The fraction of sp³-hybridized carbons (Fsp3) is 1.00. The zero-order valence-electron chi connectivity index (χ0n) is 15.4. The van der Waals surface area contributed by atoms with E-state index in [1.54, 1.807) is 0 Å². The highest BCUT2D eigenvalue weighted by atomic mass is 35.6. The Morgan fingerprint density at radius 1 is 0.640 bits per heavy atom. The molecule has 0 heterocycles. The highest BCUT2D eigenvalue weighted by Crippen LogP contribution is 2.40. The molecule has 0 saturated carbocycles. The number of hydrogen-bond acceptors (Lipinski definition) is 2. The lowest BCUT2D eigenvalue weighted by Crippen LogP contribution is -2.50. The molecule has 0 rings (SSSR count). The first-order chi connectivity index (χ1) is 11.4. The van der Waals surface area contributed by atoms with Crippen LogP contribution in [0.4, 0.5) is 0 Å². The highest BCUT2D eigenvalue weighted by Gasteiger charge is 2.44. The summed E-state index contributed by atoms with van der Waals surface area (Å²) in [6.45, 7) is 8.66. The molecule has 152 valence electrons. The molecule has 11 heteroatoms. The number of hydrogen-bond donors (Lipinski definition) is 0. The zero-order chi connectivity index (χ0) is 19.7. The van der Waals surface area contributed by atoms with Crippen molar-refractivity contribution >= 4 is 96.2 Å². The van der Waals surface area contributed by atoms with Crippen molar-refractivity contribution in [2.75, 3.05) is 0 Å². The van der Waals surface area contributed by atoms with Crippen molar-refractivity contribution in [1.82, 2.24) is 0 Å². The van der Waals surface area contributed by atoms with Gasteiger partial charge in [0, 0.05) is 0 Å². The molecule has 0 N–H and O–H groups in total. The van der Waals surface area contributed by atoms with Crippen LogP contribution in [0.15, 0.2) is 0 Å². The van der Waals surface area contributed by atoms with Crippen molar-refractivity contribution in [2.24, 2.45) is 0 Å². The third-order valence-corrected chi connectivity index (χ3v) is 17.1. The fourth-order valence-corrected chi connectivity index (χ4v) is 17.1. The molecule has 0 amide bonds. The summed E-state index contributed by atoms with van der Waals surface area (Å²) in [5.74, 6) is 0. The van der Waals surface area contributed by atoms with Gasteiger partial charge in [-0.05, 0) is 49.1 Å². The van der Waals surface area contributed by atoms with Gasteiger partial charge in [-0.25, -0.2) is 0 Å². The topological polar surface area (TPSA) is 18.5 Å². The van der Waals surface area contributed by atoms with Crippen LogP contribution in [0.1, 0.15) is 40.5 Å². The molecular formula is C14H30Cl6O2Si3. The van der Waals surface area contributed by atoms with E-state index in [1.807, 2.05) is 0 Å². The van der Waals surface area contributed by atoms with Crippen LogP contribution < -0.4 is 0 Å². The lowest BCUT2D eigenvalue weighted by molar-refractivity contribution is 0.376. The molecule has 0 radical (unpaired) electrons. The van der Waals surface area contributed by atoms with Crippen LogP contribution in [0.2, 0.25) is 36.3 Å². The predicted octanol–water partition coefficient (Wildman–Crippen LogP) is 7.51. The average molecular weight is 527 g/mol. The van der Waals surface area contributed by atoms with E-state index in [1.165, 1.54) is 0 Å². The molecule has 0 saturated heterocycles. The van der Waals surface area contributed by atoms with E-state index in [4.69, 9.17) is 77.8 Å². The van der Waals surface area contributed by atoms with Crippen molar-refractivity contribution in [2.45, 2.75) is 84.4 Å². The van der Waals surface area contributed by atoms with Crippen molar-refractivity contribution in [3.63, 3.8) is 0 Å². The maximum Gasteiger partial charge on any atom is 0.317 e. The van der Waals surface area contributed by atoms with Gasteiger partial charge in [-0.2, -0.15) is 0 Å². The molecule has 0 atom stereocenters. The van der Waals surface area contributed by atoms with Gasteiger partial charge in [0.15, 0.2) is 25.7 Å². The SMILES string of the molecule is CC[SiH](CC)O[Si](CCC(Cl)(Cl)Cl)(CCC(Cl)(Cl)Cl)O[SiH](CC)CC. The first-order valence-electron chi connectivity index (χ1n) is 8.89. The van der Waals surface area contributed by atoms with Crippen molar-refractivity contribution < 1.29 is 8.23 Å². The van der Waals surface area contributed by atoms with Crippen LogP contribution in [-0.2, 0) is 8.23 Å². The summed E-state index contributed by atoms with van der Waals surface area (Å²) in [7, 11) is -5.35. The minimum absolute atomic E-state index is 0.396. The molecule has 0 aromatic heterocycles. The zero-order valence-corrected chi connectivity index (χ0v) is 23.2. The predicted molar refractivity (Wildman–Crippen MR) is 124 cm³/mol. The first kappa shape index (κ1) is 27.3. The molecule has 0 fully saturated rings. The summed E-state index contributed by atoms with van der Waals surface area (Å²) < 4.78 is 10.8. The Hall–Kier alpha value is 2.31. The third-order valence-electron chi connectivity index (χ3n) is 4.16. The lowest BCUT2D eigenvalue weighted by atomic mass is 10.5. The lowest BCUT2D eigenvalue weighted by Gasteiger charge is -2.38. The van der Waals surface area contributed by atoms with Crippen molar-refractivity contribution in [3.8, 4) is 0 Å². The number of rotatable bonds is 12. The summed E-state index contributed by atoms with van der Waals surface area (Å²) in [5.41, 5.74) is 0. The molecule has 0 aromatic carbocycles. The Bertz CT molecular complexity index is 323. The van der Waals surface area contributed by atoms with Gasteiger partial charge < -0.3 is 8.23 Å². The Morgan fingerprint density at radius 2 is 0.920 bits per heavy atom. The van der Waals surface area contributed by atoms with Gasteiger partial charge in [0.1, 0.15) is 0 Å². The molecular weight excluding hydrogens is 497 g/mol. The first-order valence-corrected chi connectivity index (χ1v) is 17.6. The van der Waals surface area contributed by atoms with Gasteiger partial charge in [-0.3, -0.25) is 0 Å². The molecule has 0 bridgehead atoms. The van der Waals surface area contributed by atoms with Crippen molar-refractivity contribution in [3.05, 3.63) is 0 Å². The Labute approximate surface area is 187 Å². The second-order valence-corrected chi connectivity index (χ2v) is 21.7. The molecule has 0 aliphatic rings. The fourth-order valence-electron chi connectivity index (χ4n) is 2.57. The van der Waals surface area contributed by atoms with Gasteiger partial charge in [-0.1, -0.05) is 97.3 Å². The van der Waals surface area contributed by atoms with E-state index in [0.717, 1.165) is 24.2 Å². The molecule has 0 aromatic rings. The minimum atomic E-state index is -2.61. The molecule has 0 aliphatic heterocycles. The minimum Gasteiger partial charge on any atom is -0.439 e. The maximum absolute atomic E-state index is 6.70. The summed E-state index contributed by atoms with van der Waals surface area (Å²) in [6, 6.07) is 5.41. The van der Waals surface area contributed by atoms with Crippen LogP contribution in [0.25, 0.3) is 0 Å². The van der Waals surface area contributed by atoms with Gasteiger partial charge in [0.05, 0.1) is 0 Å². The number of halogens is 6. The molecule has 0 unspecified atom stereocenters. The second kappa shape index (κ2) is 12.8. The van der Waals surface area contributed by atoms with Gasteiger partial charge >= 0.3 is 8.56 Å². The summed E-state index contributed by atoms with van der Waals surface area (Å²) in [4.78, 5) is 0. The Kier molecular flexibility index (Phi) is 14.0. The average Bonchev–Trinajstić information content (AvgIpc) is 2.52. The van der Waals surface area contributed by atoms with Crippen LogP contribution in [0, 0.1) is 0 Å². The summed E-state index contributed by atoms with van der Waals surface area (Å²) in [5, 5.41) is 0. The van der Waals surface area contributed by atoms with Crippen LogP contribution in [-0.4, -0.2) is 34.2 Å². The molecule has 0 spiro atoms. The quantitative estimate of drug-likeness (QED) is 0.193. The van der Waals surface area contributed by atoms with Crippen LogP contribution in [0.5, 0.6) is 0 Å². The number of alkyl halides is 6. The van der Waals surface area contributed by atoms with E-state index in [9.17, 15) is 0 Å². The van der Waals surface area contributed by atoms with Crippen LogP contribution in [0.3, 0.4) is 0 Å². The van der Waals surface area contributed by atoms with Crippen LogP contribution >= 0.6 is 69.6 Å². The van der Waals surface area contributed by atoms with E-state index in [0.29, 0.717) is 24.9 Å². The smallest absolute Gasteiger partial charge is 0.317 e. The van der Waals surface area contributed by atoms with Crippen molar-refractivity contribution in [1.29, 1.82) is 0 Å². The second-order valence-electron chi connectivity index (χ2n) is 6.25. The van der Waals surface area contributed by atoms with Gasteiger partial charge in [0.2, 0.25) is 0 Å². The summed E-state index contributed by atoms with van der Waals surface area (Å²) >= 11 is 36.1. The summed E-state index contributed by atoms with van der Waals surface area (Å²) in [6.07, 6.45) is 0.791. The highest BCUT2D eigenvalue weighted by molar-refractivity contribution is 6.81. The van der Waals surface area contributed by atoms with Gasteiger partial charge in [0.25, 0.3) is 0 Å². The van der Waals surface area contributed by atoms with E-state index in [2.05, 4.69) is 27.7 Å². The van der Waals surface area contributed by atoms with E-state index >= 15 is 0 Å². The maximum atomic E-state index is 6.70. The largest absolute Gasteiger partial charge is 0.439 e. The molecule has 25 heavy (non-hydrogen) atoms. The molecule has 0 aliphatic carbocycles. The van der Waals surface area contributed by atoms with E-state index in [-0.39, 0.29) is 0 Å². The van der Waals surface area contributed by atoms with Gasteiger partial charge in [-0.15, -0.1) is 0 Å². The Balaban J connectivity index is 5.55. The Morgan fingerprint density at radius 3 is 1.12 bits per heavy atom. The standard InChI is InChI=1S/C14H30Cl6O2Si3/c1-5-23(6-2)21-25(11-9-13(15,16)17,12-10-14(18,19)20)22-24(7-3)8-4/h23-24H,5-12H2,1-4H3.